The van der Waals surface area contributed by atoms with Crippen LogP contribution in [-0.2, 0) is 27.3 Å². The van der Waals surface area contributed by atoms with Gasteiger partial charge in [-0.15, -0.1) is 0 Å². The fourth-order valence-corrected chi connectivity index (χ4v) is 4.39. The minimum absolute atomic E-state index is 0.00978. The van der Waals surface area contributed by atoms with Crippen molar-refractivity contribution >= 4 is 35.1 Å². The first-order chi connectivity index (χ1) is 15.9. The van der Waals surface area contributed by atoms with Crippen molar-refractivity contribution in [1.82, 2.24) is 14.7 Å². The van der Waals surface area contributed by atoms with E-state index in [-0.39, 0.29) is 30.9 Å². The van der Waals surface area contributed by atoms with Crippen LogP contribution in [0.1, 0.15) is 18.1 Å². The van der Waals surface area contributed by atoms with Gasteiger partial charge in [-0.1, -0.05) is 59.6 Å². The van der Waals surface area contributed by atoms with Gasteiger partial charge in [0, 0.05) is 45.8 Å². The number of rotatable bonds is 9. The van der Waals surface area contributed by atoms with Gasteiger partial charge in [-0.25, -0.2) is 0 Å². The van der Waals surface area contributed by atoms with Crippen LogP contribution in [-0.4, -0.2) is 79.0 Å². The lowest BCUT2D eigenvalue weighted by Crippen LogP contribution is -2.57. The number of halogens is 2. The van der Waals surface area contributed by atoms with Gasteiger partial charge >= 0.3 is 5.97 Å². The van der Waals surface area contributed by atoms with Gasteiger partial charge in [0.2, 0.25) is 5.91 Å². The lowest BCUT2D eigenvalue weighted by Gasteiger charge is -2.42. The molecular formula is C25H31Cl2N3O3. The summed E-state index contributed by atoms with van der Waals surface area (Å²) in [6.07, 6.45) is 0.255. The second-order valence-electron chi connectivity index (χ2n) is 8.35. The third-order valence-corrected chi connectivity index (χ3v) is 6.56. The molecule has 1 amide bonds. The van der Waals surface area contributed by atoms with Gasteiger partial charge in [0.15, 0.2) is 0 Å². The molecule has 8 heteroatoms. The van der Waals surface area contributed by atoms with Crippen LogP contribution in [0.25, 0.3) is 0 Å². The average Bonchev–Trinajstić information content (AvgIpc) is 2.79. The van der Waals surface area contributed by atoms with Crippen LogP contribution in [0.15, 0.2) is 48.5 Å². The molecule has 0 aromatic heterocycles. The van der Waals surface area contributed by atoms with Crippen molar-refractivity contribution in [2.24, 2.45) is 0 Å². The highest BCUT2D eigenvalue weighted by atomic mass is 35.5. The van der Waals surface area contributed by atoms with Crippen molar-refractivity contribution in [3.8, 4) is 0 Å². The Kier molecular flexibility index (Phi) is 9.56. The zero-order valence-electron chi connectivity index (χ0n) is 19.2. The van der Waals surface area contributed by atoms with E-state index in [9.17, 15) is 9.59 Å². The zero-order chi connectivity index (χ0) is 23.8. The van der Waals surface area contributed by atoms with E-state index in [1.165, 1.54) is 5.56 Å². The molecule has 0 N–H and O–H groups in total. The molecule has 1 atom stereocenters. The van der Waals surface area contributed by atoms with Crippen LogP contribution >= 0.6 is 23.2 Å². The Morgan fingerprint density at radius 3 is 2.52 bits per heavy atom. The predicted molar refractivity (Wildman–Crippen MR) is 132 cm³/mol. The number of benzene rings is 2. The standard InChI is InChI=1S/C25H31Cl2N3O3/c1-3-33-25(32)18-29-11-12-30(15-19-7-5-4-6-8-19)21(17-29)16-28(2)24(31)14-20-9-10-22(26)23(27)13-20/h4-10,13,21H,3,11-12,14-18H2,1-2H3/t21-/m0/s1. The van der Waals surface area contributed by atoms with Gasteiger partial charge in [0.25, 0.3) is 0 Å². The Balaban J connectivity index is 1.66. The molecule has 178 valence electrons. The summed E-state index contributed by atoms with van der Waals surface area (Å²) in [6.45, 7) is 6.10. The van der Waals surface area contributed by atoms with Crippen molar-refractivity contribution in [2.45, 2.75) is 25.9 Å². The van der Waals surface area contributed by atoms with Crippen LogP contribution in [0.4, 0.5) is 0 Å². The summed E-state index contributed by atoms with van der Waals surface area (Å²) in [5.41, 5.74) is 2.06. The molecule has 0 bridgehead atoms. The van der Waals surface area contributed by atoms with Crippen LogP contribution in [0.2, 0.25) is 10.0 Å². The van der Waals surface area contributed by atoms with E-state index >= 15 is 0 Å². The second-order valence-corrected chi connectivity index (χ2v) is 9.16. The van der Waals surface area contributed by atoms with Crippen LogP contribution < -0.4 is 0 Å². The second kappa shape index (κ2) is 12.4. The summed E-state index contributed by atoms with van der Waals surface area (Å²) in [4.78, 5) is 31.2. The molecule has 0 spiro atoms. The quantitative estimate of drug-likeness (QED) is 0.500. The van der Waals surface area contributed by atoms with Crippen LogP contribution in [0.3, 0.4) is 0 Å². The molecule has 2 aromatic carbocycles. The maximum atomic E-state index is 12.9. The predicted octanol–water partition coefficient (Wildman–Crippen LogP) is 3.74. The summed E-state index contributed by atoms with van der Waals surface area (Å²) in [6, 6.07) is 15.7. The SMILES string of the molecule is CCOC(=O)CN1CCN(Cc2ccccc2)[C@@H](CN(C)C(=O)Cc2ccc(Cl)c(Cl)c2)C1. The third-order valence-electron chi connectivity index (χ3n) is 5.83. The zero-order valence-corrected chi connectivity index (χ0v) is 20.7. The lowest BCUT2D eigenvalue weighted by molar-refractivity contribution is -0.145. The molecule has 1 aliphatic heterocycles. The molecular weight excluding hydrogens is 461 g/mol. The van der Waals surface area contributed by atoms with Crippen molar-refractivity contribution in [2.75, 3.05) is 46.4 Å². The maximum absolute atomic E-state index is 12.9. The number of carbonyl (C=O) groups is 2. The van der Waals surface area contributed by atoms with Crippen LogP contribution in [0, 0.1) is 0 Å². The summed E-state index contributed by atoms with van der Waals surface area (Å²) >= 11 is 12.1. The van der Waals surface area contributed by atoms with E-state index in [0.29, 0.717) is 29.7 Å². The molecule has 1 fully saturated rings. The van der Waals surface area contributed by atoms with Gasteiger partial charge < -0.3 is 9.64 Å². The smallest absolute Gasteiger partial charge is 0.320 e. The number of piperazine rings is 1. The molecule has 1 saturated heterocycles. The van der Waals surface area contributed by atoms with E-state index in [1.54, 1.807) is 17.0 Å². The molecule has 0 unspecified atom stereocenters. The molecule has 0 saturated carbocycles. The van der Waals surface area contributed by atoms with Gasteiger partial charge in [0.05, 0.1) is 29.6 Å². The van der Waals surface area contributed by atoms with E-state index in [1.807, 2.05) is 38.2 Å². The van der Waals surface area contributed by atoms with Gasteiger partial charge in [-0.2, -0.15) is 0 Å². The van der Waals surface area contributed by atoms with E-state index in [2.05, 4.69) is 21.9 Å². The summed E-state index contributed by atoms with van der Waals surface area (Å²) in [5.74, 6) is -0.202. The average molecular weight is 492 g/mol. The maximum Gasteiger partial charge on any atom is 0.320 e. The van der Waals surface area contributed by atoms with Crippen LogP contribution in [0.5, 0.6) is 0 Å². The molecule has 1 aliphatic rings. The Bertz CT molecular complexity index is 942. The first-order valence-electron chi connectivity index (χ1n) is 11.2. The topological polar surface area (TPSA) is 53.1 Å². The molecule has 3 rings (SSSR count). The van der Waals surface area contributed by atoms with E-state index in [4.69, 9.17) is 27.9 Å². The number of carbonyl (C=O) groups excluding carboxylic acids is 2. The largest absolute Gasteiger partial charge is 0.465 e. The Hall–Kier alpha value is -2.12. The number of ether oxygens (including phenoxy) is 1. The highest BCUT2D eigenvalue weighted by molar-refractivity contribution is 6.42. The third kappa shape index (κ3) is 7.71. The summed E-state index contributed by atoms with van der Waals surface area (Å²) < 4.78 is 5.13. The summed E-state index contributed by atoms with van der Waals surface area (Å²) in [5, 5.41) is 0.919. The fraction of sp³-hybridized carbons (Fsp3) is 0.440. The molecule has 0 aliphatic carbocycles. The van der Waals surface area contributed by atoms with E-state index in [0.717, 1.165) is 25.2 Å². The molecule has 33 heavy (non-hydrogen) atoms. The summed E-state index contributed by atoms with van der Waals surface area (Å²) in [7, 11) is 1.82. The van der Waals surface area contributed by atoms with Gasteiger partial charge in [0.1, 0.15) is 0 Å². The van der Waals surface area contributed by atoms with Gasteiger partial charge in [-0.3, -0.25) is 19.4 Å². The monoisotopic (exact) mass is 491 g/mol. The Morgan fingerprint density at radius 1 is 1.06 bits per heavy atom. The molecule has 0 radical (unpaired) electrons. The first-order valence-corrected chi connectivity index (χ1v) is 11.9. The molecule has 1 heterocycles. The normalized spacial score (nSPS) is 17.0. The lowest BCUT2D eigenvalue weighted by atomic mass is 10.1. The van der Waals surface area contributed by atoms with Crippen molar-refractivity contribution < 1.29 is 14.3 Å². The number of nitrogens with zero attached hydrogens (tertiary/aromatic N) is 3. The Morgan fingerprint density at radius 2 is 1.82 bits per heavy atom. The number of amides is 1. The first kappa shape index (κ1) is 25.5. The number of hydrogen-bond acceptors (Lipinski definition) is 5. The molecule has 6 nitrogen and oxygen atoms in total. The Labute approximate surface area is 206 Å². The highest BCUT2D eigenvalue weighted by Gasteiger charge is 2.30. The van der Waals surface area contributed by atoms with Crippen molar-refractivity contribution in [1.29, 1.82) is 0 Å². The minimum Gasteiger partial charge on any atom is -0.465 e. The fourth-order valence-electron chi connectivity index (χ4n) is 4.07. The van der Waals surface area contributed by atoms with Crippen molar-refractivity contribution in [3.63, 3.8) is 0 Å². The number of hydrogen-bond donors (Lipinski definition) is 0. The number of likely N-dealkylation sites (N-methyl/N-ethyl adjacent to an activating group) is 1. The minimum atomic E-state index is -0.211. The number of esters is 1. The van der Waals surface area contributed by atoms with Crippen molar-refractivity contribution in [3.05, 3.63) is 69.7 Å². The highest BCUT2D eigenvalue weighted by Crippen LogP contribution is 2.23. The van der Waals surface area contributed by atoms with Gasteiger partial charge in [-0.05, 0) is 30.2 Å². The molecule has 2 aromatic rings. The van der Waals surface area contributed by atoms with E-state index < -0.39 is 0 Å².